The van der Waals surface area contributed by atoms with Crippen LogP contribution in [0.5, 0.6) is 11.5 Å². The lowest BCUT2D eigenvalue weighted by molar-refractivity contribution is 0.354. The van der Waals surface area contributed by atoms with Gasteiger partial charge in [0.15, 0.2) is 16.6 Å². The van der Waals surface area contributed by atoms with E-state index < -0.39 is 0 Å². The Balaban J connectivity index is 1.76. The lowest BCUT2D eigenvalue weighted by Gasteiger charge is -2.16. The molecule has 1 fully saturated rings. The van der Waals surface area contributed by atoms with Crippen molar-refractivity contribution < 1.29 is 9.47 Å². The lowest BCUT2D eigenvalue weighted by Crippen LogP contribution is -2.41. The lowest BCUT2D eigenvalue weighted by atomic mass is 10.1. The Labute approximate surface area is 132 Å². The molecular weight excluding hydrogens is 284 g/mol. The van der Waals surface area contributed by atoms with Crippen molar-refractivity contribution in [2.75, 3.05) is 20.8 Å². The van der Waals surface area contributed by atoms with E-state index in [-0.39, 0.29) is 0 Å². The van der Waals surface area contributed by atoms with Gasteiger partial charge in [0.1, 0.15) is 0 Å². The van der Waals surface area contributed by atoms with Crippen LogP contribution in [0.4, 0.5) is 0 Å². The highest BCUT2D eigenvalue weighted by molar-refractivity contribution is 7.80. The second kappa shape index (κ2) is 8.08. The molecular formula is C16H24N2O2S. The van der Waals surface area contributed by atoms with Gasteiger partial charge < -0.3 is 20.1 Å². The molecule has 1 saturated carbocycles. The number of hydrogen-bond acceptors (Lipinski definition) is 3. The highest BCUT2D eigenvalue weighted by Gasteiger charge is 2.15. The molecule has 0 unspecified atom stereocenters. The Bertz CT molecular complexity index is 473. The molecule has 4 nitrogen and oxygen atoms in total. The van der Waals surface area contributed by atoms with E-state index in [1.165, 1.54) is 31.2 Å². The molecule has 1 aliphatic carbocycles. The van der Waals surface area contributed by atoms with Crippen molar-refractivity contribution in [2.45, 2.75) is 38.1 Å². The van der Waals surface area contributed by atoms with Crippen LogP contribution in [0.1, 0.15) is 31.2 Å². The van der Waals surface area contributed by atoms with Crippen molar-refractivity contribution in [2.24, 2.45) is 0 Å². The molecule has 1 aliphatic rings. The van der Waals surface area contributed by atoms with Crippen LogP contribution in [-0.4, -0.2) is 31.9 Å². The van der Waals surface area contributed by atoms with Gasteiger partial charge in [-0.2, -0.15) is 0 Å². The summed E-state index contributed by atoms with van der Waals surface area (Å²) in [7, 11) is 3.30. The first-order chi connectivity index (χ1) is 10.2. The zero-order chi connectivity index (χ0) is 15.1. The molecule has 0 aromatic heterocycles. The van der Waals surface area contributed by atoms with Gasteiger partial charge in [-0.1, -0.05) is 18.9 Å². The second-order valence-electron chi connectivity index (χ2n) is 5.32. The highest BCUT2D eigenvalue weighted by Crippen LogP contribution is 2.27. The van der Waals surface area contributed by atoms with Gasteiger partial charge in [0, 0.05) is 12.6 Å². The Morgan fingerprint density at radius 2 is 1.90 bits per heavy atom. The molecule has 0 amide bonds. The maximum atomic E-state index is 5.33. The zero-order valence-electron chi connectivity index (χ0n) is 12.8. The van der Waals surface area contributed by atoms with Crippen LogP contribution in [0, 0.1) is 0 Å². The second-order valence-corrected chi connectivity index (χ2v) is 5.73. The van der Waals surface area contributed by atoms with Gasteiger partial charge in [0.25, 0.3) is 0 Å². The number of rotatable bonds is 6. The first kappa shape index (κ1) is 15.9. The molecule has 0 radical (unpaired) electrons. The summed E-state index contributed by atoms with van der Waals surface area (Å²) in [5.74, 6) is 1.52. The Morgan fingerprint density at radius 3 is 2.57 bits per heavy atom. The predicted molar refractivity (Wildman–Crippen MR) is 89.2 cm³/mol. The van der Waals surface area contributed by atoms with E-state index in [1.54, 1.807) is 14.2 Å². The molecule has 0 atom stereocenters. The SMILES string of the molecule is COc1ccc(CCNC(=S)NC2CCCC2)cc1OC. The summed E-state index contributed by atoms with van der Waals surface area (Å²) < 4.78 is 10.5. The first-order valence-electron chi connectivity index (χ1n) is 7.48. The number of thiocarbonyl (C=S) groups is 1. The minimum absolute atomic E-state index is 0.561. The molecule has 0 spiro atoms. The van der Waals surface area contributed by atoms with Gasteiger partial charge in [-0.3, -0.25) is 0 Å². The molecule has 2 N–H and O–H groups in total. The summed E-state index contributed by atoms with van der Waals surface area (Å²) in [5.41, 5.74) is 1.20. The average molecular weight is 308 g/mol. The van der Waals surface area contributed by atoms with Crippen LogP contribution in [0.15, 0.2) is 18.2 Å². The minimum atomic E-state index is 0.561. The molecule has 2 rings (SSSR count). The van der Waals surface area contributed by atoms with Gasteiger partial charge in [0.05, 0.1) is 14.2 Å². The quantitative estimate of drug-likeness (QED) is 0.791. The van der Waals surface area contributed by atoms with Crippen molar-refractivity contribution in [1.29, 1.82) is 0 Å². The van der Waals surface area contributed by atoms with Crippen molar-refractivity contribution >= 4 is 17.3 Å². The summed E-state index contributed by atoms with van der Waals surface area (Å²) in [6, 6.07) is 6.55. The Kier molecular flexibility index (Phi) is 6.11. The standard InChI is InChI=1S/C16H24N2O2S/c1-19-14-8-7-12(11-15(14)20-2)9-10-17-16(21)18-13-5-3-4-6-13/h7-8,11,13H,3-6,9-10H2,1-2H3,(H2,17,18,21). The largest absolute Gasteiger partial charge is 0.493 e. The van der Waals surface area contributed by atoms with Crippen LogP contribution in [0.2, 0.25) is 0 Å². The van der Waals surface area contributed by atoms with Crippen LogP contribution in [-0.2, 0) is 6.42 Å². The van der Waals surface area contributed by atoms with Crippen LogP contribution >= 0.6 is 12.2 Å². The van der Waals surface area contributed by atoms with E-state index >= 15 is 0 Å². The molecule has 0 aliphatic heterocycles. The van der Waals surface area contributed by atoms with E-state index in [0.717, 1.165) is 29.6 Å². The average Bonchev–Trinajstić information content (AvgIpc) is 2.99. The fraction of sp³-hybridized carbons (Fsp3) is 0.562. The Morgan fingerprint density at radius 1 is 1.19 bits per heavy atom. The molecule has 0 saturated heterocycles. The molecule has 21 heavy (non-hydrogen) atoms. The normalized spacial score (nSPS) is 14.8. The van der Waals surface area contributed by atoms with Gasteiger partial charge in [-0.05, 0) is 49.2 Å². The van der Waals surface area contributed by atoms with Crippen molar-refractivity contribution in [3.05, 3.63) is 23.8 Å². The third-order valence-corrected chi connectivity index (χ3v) is 4.10. The molecule has 1 aromatic carbocycles. The van der Waals surface area contributed by atoms with E-state index in [0.29, 0.717) is 6.04 Å². The highest BCUT2D eigenvalue weighted by atomic mass is 32.1. The number of benzene rings is 1. The maximum Gasteiger partial charge on any atom is 0.166 e. The summed E-state index contributed by atoms with van der Waals surface area (Å²) in [6.07, 6.45) is 5.99. The smallest absolute Gasteiger partial charge is 0.166 e. The van der Waals surface area contributed by atoms with Crippen LogP contribution in [0.3, 0.4) is 0 Å². The molecule has 5 heteroatoms. The number of ether oxygens (including phenoxy) is 2. The zero-order valence-corrected chi connectivity index (χ0v) is 13.6. The molecule has 116 valence electrons. The van der Waals surface area contributed by atoms with Gasteiger partial charge in [0.2, 0.25) is 0 Å². The summed E-state index contributed by atoms with van der Waals surface area (Å²) in [5, 5.41) is 7.42. The minimum Gasteiger partial charge on any atom is -0.493 e. The van der Waals surface area contributed by atoms with Crippen molar-refractivity contribution in [1.82, 2.24) is 10.6 Å². The Hall–Kier alpha value is -1.49. The first-order valence-corrected chi connectivity index (χ1v) is 7.89. The summed E-state index contributed by atoms with van der Waals surface area (Å²) >= 11 is 5.33. The third-order valence-electron chi connectivity index (χ3n) is 3.84. The monoisotopic (exact) mass is 308 g/mol. The number of methoxy groups -OCH3 is 2. The fourth-order valence-corrected chi connectivity index (χ4v) is 2.93. The summed E-state index contributed by atoms with van der Waals surface area (Å²) in [6.45, 7) is 0.814. The van der Waals surface area contributed by atoms with Gasteiger partial charge in [-0.25, -0.2) is 0 Å². The van der Waals surface area contributed by atoms with Crippen molar-refractivity contribution in [3.8, 4) is 11.5 Å². The van der Waals surface area contributed by atoms with E-state index in [4.69, 9.17) is 21.7 Å². The summed E-state index contributed by atoms with van der Waals surface area (Å²) in [4.78, 5) is 0. The van der Waals surface area contributed by atoms with Crippen LogP contribution < -0.4 is 20.1 Å². The van der Waals surface area contributed by atoms with Gasteiger partial charge >= 0.3 is 0 Å². The molecule has 0 bridgehead atoms. The molecule has 1 aromatic rings. The van der Waals surface area contributed by atoms with E-state index in [9.17, 15) is 0 Å². The third kappa shape index (κ3) is 4.77. The van der Waals surface area contributed by atoms with E-state index in [1.807, 2.05) is 12.1 Å². The molecule has 0 heterocycles. The maximum absolute atomic E-state index is 5.33. The van der Waals surface area contributed by atoms with E-state index in [2.05, 4.69) is 16.7 Å². The van der Waals surface area contributed by atoms with Gasteiger partial charge in [-0.15, -0.1) is 0 Å². The number of hydrogen-bond donors (Lipinski definition) is 2. The fourth-order valence-electron chi connectivity index (χ4n) is 2.66. The number of nitrogens with one attached hydrogen (secondary N) is 2. The van der Waals surface area contributed by atoms with Crippen LogP contribution in [0.25, 0.3) is 0 Å². The van der Waals surface area contributed by atoms with Crippen molar-refractivity contribution in [3.63, 3.8) is 0 Å². The topological polar surface area (TPSA) is 42.5 Å². The predicted octanol–water partition coefficient (Wildman–Crippen LogP) is 2.65.